The summed E-state index contributed by atoms with van der Waals surface area (Å²) in [7, 11) is 0. The van der Waals surface area contributed by atoms with Gasteiger partial charge < -0.3 is 10.1 Å². The quantitative estimate of drug-likeness (QED) is 0.880. The molecule has 2 aromatic heterocycles. The van der Waals surface area contributed by atoms with Gasteiger partial charge >= 0.3 is 5.97 Å². The average molecular weight is 250 g/mol. The molecule has 0 bridgehead atoms. The molecule has 0 aliphatic carbocycles. The van der Waals surface area contributed by atoms with Crippen LogP contribution in [-0.4, -0.2) is 21.0 Å². The highest BCUT2D eigenvalue weighted by Crippen LogP contribution is 2.33. The smallest absolute Gasteiger partial charge is 0.316 e. The minimum atomic E-state index is -0.944. The normalized spacial score (nSPS) is 11.7. The van der Waals surface area contributed by atoms with E-state index in [4.69, 9.17) is 0 Å². The first-order valence-corrected chi connectivity index (χ1v) is 6.09. The Labute approximate surface area is 103 Å². The lowest BCUT2D eigenvalue weighted by atomic mass is 9.95. The van der Waals surface area contributed by atoms with Gasteiger partial charge in [-0.1, -0.05) is 0 Å². The Morgan fingerprint density at radius 2 is 2.24 bits per heavy atom. The number of carbonyl (C=O) groups is 1. The maximum Gasteiger partial charge on any atom is 0.316 e. The van der Waals surface area contributed by atoms with Crippen molar-refractivity contribution in [3.8, 4) is 11.4 Å². The first-order valence-electron chi connectivity index (χ1n) is 5.28. The fourth-order valence-electron chi connectivity index (χ4n) is 1.48. The number of aryl methyl sites for hydroxylation is 1. The van der Waals surface area contributed by atoms with Crippen LogP contribution in [0.15, 0.2) is 18.3 Å². The van der Waals surface area contributed by atoms with Gasteiger partial charge in [0.25, 0.3) is 0 Å². The van der Waals surface area contributed by atoms with Crippen molar-refractivity contribution in [2.75, 3.05) is 0 Å². The number of H-pyrrole nitrogens is 1. The zero-order valence-corrected chi connectivity index (χ0v) is 10.8. The van der Waals surface area contributed by atoms with Crippen LogP contribution in [0.2, 0.25) is 0 Å². The molecule has 0 spiro atoms. The third kappa shape index (κ3) is 1.98. The van der Waals surface area contributed by atoms with Crippen LogP contribution in [0.3, 0.4) is 0 Å². The predicted molar refractivity (Wildman–Crippen MR) is 67.3 cm³/mol. The maximum absolute atomic E-state index is 11.2. The molecule has 0 saturated carbocycles. The Hall–Kier alpha value is -1.62. The van der Waals surface area contributed by atoms with Gasteiger partial charge in [-0.25, -0.2) is 4.98 Å². The summed E-state index contributed by atoms with van der Waals surface area (Å²) in [5.41, 5.74) is 0.816. The molecule has 90 valence electrons. The molecule has 4 nitrogen and oxygen atoms in total. The summed E-state index contributed by atoms with van der Waals surface area (Å²) in [6, 6.07) is 3.83. The number of nitrogens with zero attached hydrogens (tertiary/aromatic N) is 1. The van der Waals surface area contributed by atoms with Gasteiger partial charge in [-0.05, 0) is 32.9 Å². The second-order valence-corrected chi connectivity index (χ2v) is 5.64. The summed E-state index contributed by atoms with van der Waals surface area (Å²) >= 11 is 1.44. The van der Waals surface area contributed by atoms with Crippen molar-refractivity contribution in [1.82, 2.24) is 9.97 Å². The topological polar surface area (TPSA) is 66.0 Å². The lowest BCUT2D eigenvalue weighted by Crippen LogP contribution is -2.28. The third-order valence-corrected chi connectivity index (χ3v) is 4.01. The van der Waals surface area contributed by atoms with Crippen LogP contribution in [0.5, 0.6) is 0 Å². The molecule has 0 aliphatic rings. The van der Waals surface area contributed by atoms with E-state index in [1.807, 2.05) is 25.3 Å². The van der Waals surface area contributed by atoms with Crippen LogP contribution in [-0.2, 0) is 10.2 Å². The van der Waals surface area contributed by atoms with Gasteiger partial charge in [0.1, 0.15) is 16.1 Å². The monoisotopic (exact) mass is 250 g/mol. The van der Waals surface area contributed by atoms with Crippen molar-refractivity contribution in [2.45, 2.75) is 26.2 Å². The van der Waals surface area contributed by atoms with Crippen molar-refractivity contribution in [2.24, 2.45) is 0 Å². The van der Waals surface area contributed by atoms with Crippen LogP contribution in [0, 0.1) is 6.92 Å². The number of hydrogen-bond acceptors (Lipinski definition) is 3. The molecule has 0 atom stereocenters. The van der Waals surface area contributed by atoms with Crippen LogP contribution >= 0.6 is 11.3 Å². The molecule has 2 N–H and O–H groups in total. The van der Waals surface area contributed by atoms with Gasteiger partial charge in [0.15, 0.2) is 0 Å². The number of aromatic amines is 1. The van der Waals surface area contributed by atoms with Crippen molar-refractivity contribution in [3.05, 3.63) is 28.2 Å². The van der Waals surface area contributed by atoms with E-state index >= 15 is 0 Å². The molecule has 2 heterocycles. The first kappa shape index (κ1) is 11.9. The van der Waals surface area contributed by atoms with E-state index in [1.165, 1.54) is 11.3 Å². The third-order valence-electron chi connectivity index (χ3n) is 2.72. The Morgan fingerprint density at radius 3 is 2.76 bits per heavy atom. The molecule has 0 aliphatic heterocycles. The van der Waals surface area contributed by atoms with Gasteiger partial charge in [0.2, 0.25) is 0 Å². The molecule has 5 heteroatoms. The standard InChI is InChI=1S/C12H14N2O2S/c1-7-9(8-5-4-6-13-8)14-10(17-7)12(2,3)11(15)16/h4-6,13H,1-3H3,(H,15,16). The number of thiazole rings is 1. The summed E-state index contributed by atoms with van der Waals surface area (Å²) in [6.07, 6.45) is 1.83. The first-order chi connectivity index (χ1) is 7.93. The highest BCUT2D eigenvalue weighted by molar-refractivity contribution is 7.12. The van der Waals surface area contributed by atoms with Gasteiger partial charge in [-0.15, -0.1) is 11.3 Å². The largest absolute Gasteiger partial charge is 0.481 e. The average Bonchev–Trinajstić information content (AvgIpc) is 2.85. The molecular weight excluding hydrogens is 236 g/mol. The van der Waals surface area contributed by atoms with Gasteiger partial charge in [-0.2, -0.15) is 0 Å². The zero-order valence-electron chi connectivity index (χ0n) is 9.94. The second-order valence-electron chi connectivity index (χ2n) is 4.44. The molecule has 0 saturated heterocycles. The number of carboxylic acid groups (broad SMARTS) is 1. The molecule has 0 fully saturated rings. The predicted octanol–water partition coefficient (Wildman–Crippen LogP) is 2.81. The molecule has 17 heavy (non-hydrogen) atoms. The summed E-state index contributed by atoms with van der Waals surface area (Å²) in [5, 5.41) is 9.82. The number of aliphatic carboxylic acids is 1. The Morgan fingerprint density at radius 1 is 1.53 bits per heavy atom. The van der Waals surface area contributed by atoms with Gasteiger partial charge in [0, 0.05) is 11.1 Å². The van der Waals surface area contributed by atoms with E-state index in [2.05, 4.69) is 9.97 Å². The van der Waals surface area contributed by atoms with E-state index in [1.54, 1.807) is 13.8 Å². The van der Waals surface area contributed by atoms with Crippen molar-refractivity contribution in [1.29, 1.82) is 0 Å². The van der Waals surface area contributed by atoms with Crippen molar-refractivity contribution in [3.63, 3.8) is 0 Å². The molecule has 0 radical (unpaired) electrons. The van der Waals surface area contributed by atoms with Crippen LogP contribution in [0.1, 0.15) is 23.7 Å². The SMILES string of the molecule is Cc1sc(C(C)(C)C(=O)O)nc1-c1ccc[nH]1. The fraction of sp³-hybridized carbons (Fsp3) is 0.333. The molecule has 2 rings (SSSR count). The molecule has 0 aromatic carbocycles. The minimum Gasteiger partial charge on any atom is -0.481 e. The molecular formula is C12H14N2O2S. The Balaban J connectivity index is 2.48. The molecule has 0 amide bonds. The van der Waals surface area contributed by atoms with E-state index in [0.29, 0.717) is 5.01 Å². The lowest BCUT2D eigenvalue weighted by molar-refractivity contribution is -0.142. The van der Waals surface area contributed by atoms with Crippen LogP contribution in [0.4, 0.5) is 0 Å². The van der Waals surface area contributed by atoms with E-state index in [-0.39, 0.29) is 0 Å². The minimum absolute atomic E-state index is 0.632. The van der Waals surface area contributed by atoms with Gasteiger partial charge in [-0.3, -0.25) is 4.79 Å². The second kappa shape index (κ2) is 4.00. The van der Waals surface area contributed by atoms with Crippen molar-refractivity contribution >= 4 is 17.3 Å². The molecule has 0 unspecified atom stereocenters. The number of rotatable bonds is 3. The number of hydrogen-bond donors (Lipinski definition) is 2. The fourth-order valence-corrected chi connectivity index (χ4v) is 2.50. The van der Waals surface area contributed by atoms with Gasteiger partial charge in [0.05, 0.1) is 5.69 Å². The Kier molecular flexibility index (Phi) is 2.79. The van der Waals surface area contributed by atoms with E-state index in [0.717, 1.165) is 16.3 Å². The Bertz CT molecular complexity index is 541. The lowest BCUT2D eigenvalue weighted by Gasteiger charge is -2.14. The van der Waals surface area contributed by atoms with Crippen molar-refractivity contribution < 1.29 is 9.90 Å². The highest BCUT2D eigenvalue weighted by Gasteiger charge is 2.33. The zero-order chi connectivity index (χ0) is 12.6. The summed E-state index contributed by atoms with van der Waals surface area (Å²) in [4.78, 5) is 19.7. The van der Waals surface area contributed by atoms with E-state index < -0.39 is 11.4 Å². The number of aromatic nitrogens is 2. The van der Waals surface area contributed by atoms with Crippen LogP contribution in [0.25, 0.3) is 11.4 Å². The highest BCUT2D eigenvalue weighted by atomic mass is 32.1. The van der Waals surface area contributed by atoms with E-state index in [9.17, 15) is 9.90 Å². The summed E-state index contributed by atoms with van der Waals surface area (Å²) < 4.78 is 0. The number of carboxylic acids is 1. The summed E-state index contributed by atoms with van der Waals surface area (Å²) in [6.45, 7) is 5.30. The molecule has 2 aromatic rings. The van der Waals surface area contributed by atoms with Crippen LogP contribution < -0.4 is 0 Å². The number of nitrogens with one attached hydrogen (secondary N) is 1. The summed E-state index contributed by atoms with van der Waals surface area (Å²) in [5.74, 6) is -0.857. The maximum atomic E-state index is 11.2.